The predicted octanol–water partition coefficient (Wildman–Crippen LogP) is 4.68. The molecule has 0 saturated carbocycles. The molecule has 0 amide bonds. The third kappa shape index (κ3) is 14.5. The van der Waals surface area contributed by atoms with E-state index >= 15 is 0 Å². The van der Waals surface area contributed by atoms with Crippen molar-refractivity contribution in [1.29, 1.82) is 0 Å². The average molecular weight is 326 g/mol. The van der Waals surface area contributed by atoms with Crippen molar-refractivity contribution in [2.45, 2.75) is 82.8 Å². The van der Waals surface area contributed by atoms with Gasteiger partial charge in [0.1, 0.15) is 0 Å². The zero-order valence-corrected chi connectivity index (χ0v) is 15.7. The van der Waals surface area contributed by atoms with Crippen LogP contribution in [0.3, 0.4) is 0 Å². The first-order chi connectivity index (χ1) is 8.18. The number of thiol groups is 1. The fraction of sp³-hybridized carbons (Fsp3) is 0.929. The molecule has 1 N–H and O–H groups in total. The summed E-state index contributed by atoms with van der Waals surface area (Å²) in [6, 6.07) is 0. The predicted molar refractivity (Wildman–Crippen MR) is 76.9 cm³/mol. The summed E-state index contributed by atoms with van der Waals surface area (Å²) in [4.78, 5) is 10.5. The van der Waals surface area contributed by atoms with E-state index in [9.17, 15) is 4.79 Å². The van der Waals surface area contributed by atoms with Crippen LogP contribution in [0, 0.1) is 0 Å². The molecule has 0 aromatic heterocycles. The third-order valence-electron chi connectivity index (χ3n) is 3.12. The van der Waals surface area contributed by atoms with Crippen LogP contribution in [0.5, 0.6) is 0 Å². The number of carboxylic acids is 1. The van der Waals surface area contributed by atoms with Gasteiger partial charge in [-0.2, -0.15) is 12.6 Å². The van der Waals surface area contributed by atoms with E-state index in [4.69, 9.17) is 5.11 Å². The molecule has 104 valence electrons. The van der Waals surface area contributed by atoms with Crippen molar-refractivity contribution in [1.82, 2.24) is 0 Å². The van der Waals surface area contributed by atoms with Crippen molar-refractivity contribution in [3.05, 3.63) is 0 Å². The Balaban J connectivity index is 0. The van der Waals surface area contributed by atoms with Crippen LogP contribution in [-0.2, 0) is 24.3 Å². The van der Waals surface area contributed by atoms with Gasteiger partial charge in [0.25, 0.3) is 0 Å². The quantitative estimate of drug-likeness (QED) is 0.310. The Kier molecular flexibility index (Phi) is 17.9. The molecule has 0 aromatic rings. The first kappa shape index (κ1) is 20.8. The standard InChI is InChI=1S/C14H28O2S.Zn/c1-2-3-4-5-6-7-8-9-10-11-12-13(17)14(15)16;/h13,17H,2-12H2,1H3,(H,15,16);. The summed E-state index contributed by atoms with van der Waals surface area (Å²) in [6.45, 7) is 2.24. The molecule has 0 spiro atoms. The number of unbranched alkanes of at least 4 members (excludes halogenated alkanes) is 9. The molecule has 0 bridgehead atoms. The summed E-state index contributed by atoms with van der Waals surface area (Å²) in [7, 11) is 0. The van der Waals surface area contributed by atoms with Gasteiger partial charge in [0, 0.05) is 19.5 Å². The van der Waals surface area contributed by atoms with Gasteiger partial charge in [-0.25, -0.2) is 0 Å². The van der Waals surface area contributed by atoms with Gasteiger partial charge in [-0.15, -0.1) is 0 Å². The smallest absolute Gasteiger partial charge is 0.316 e. The van der Waals surface area contributed by atoms with Gasteiger partial charge >= 0.3 is 5.97 Å². The van der Waals surface area contributed by atoms with E-state index in [0.717, 1.165) is 12.8 Å². The molecule has 0 aliphatic heterocycles. The van der Waals surface area contributed by atoms with Gasteiger partial charge in [-0.1, -0.05) is 71.1 Å². The molecule has 2 nitrogen and oxygen atoms in total. The minimum Gasteiger partial charge on any atom is -0.480 e. The molecule has 0 heterocycles. The van der Waals surface area contributed by atoms with Gasteiger partial charge in [-0.05, 0) is 6.42 Å². The first-order valence-electron chi connectivity index (χ1n) is 7.09. The fourth-order valence-corrected chi connectivity index (χ4v) is 2.13. The number of hydrogen-bond donors (Lipinski definition) is 2. The molecule has 0 aromatic carbocycles. The summed E-state index contributed by atoms with van der Waals surface area (Å²) >= 11 is 4.02. The van der Waals surface area contributed by atoms with Crippen LogP contribution in [0.4, 0.5) is 0 Å². The van der Waals surface area contributed by atoms with Gasteiger partial charge in [0.2, 0.25) is 0 Å². The second-order valence-electron chi connectivity index (χ2n) is 4.82. The molecule has 0 saturated heterocycles. The minimum absolute atomic E-state index is 0. The summed E-state index contributed by atoms with van der Waals surface area (Å²) in [5, 5.41) is 8.18. The van der Waals surface area contributed by atoms with Crippen molar-refractivity contribution < 1.29 is 29.4 Å². The van der Waals surface area contributed by atoms with Crippen LogP contribution in [0.25, 0.3) is 0 Å². The van der Waals surface area contributed by atoms with Crippen LogP contribution in [0.1, 0.15) is 77.6 Å². The molecule has 4 heteroatoms. The van der Waals surface area contributed by atoms with Crippen molar-refractivity contribution in [2.75, 3.05) is 0 Å². The maximum atomic E-state index is 10.5. The minimum atomic E-state index is -0.788. The van der Waals surface area contributed by atoms with Crippen molar-refractivity contribution >= 4 is 18.6 Å². The Morgan fingerprint density at radius 3 is 1.72 bits per heavy atom. The number of hydrogen-bond acceptors (Lipinski definition) is 2. The summed E-state index contributed by atoms with van der Waals surface area (Å²) in [5.41, 5.74) is 0. The van der Waals surface area contributed by atoms with Crippen molar-refractivity contribution in [2.24, 2.45) is 0 Å². The Labute approximate surface area is 130 Å². The van der Waals surface area contributed by atoms with Crippen LogP contribution in [0.2, 0.25) is 0 Å². The van der Waals surface area contributed by atoms with Crippen LogP contribution >= 0.6 is 12.6 Å². The molecule has 1 atom stereocenters. The summed E-state index contributed by atoms with van der Waals surface area (Å²) < 4.78 is 0. The van der Waals surface area contributed by atoms with E-state index in [1.165, 1.54) is 51.4 Å². The molecule has 0 aliphatic rings. The summed E-state index contributed by atoms with van der Waals surface area (Å²) in [6.07, 6.45) is 13.6. The van der Waals surface area contributed by atoms with Crippen LogP contribution < -0.4 is 0 Å². The Morgan fingerprint density at radius 1 is 0.944 bits per heavy atom. The van der Waals surface area contributed by atoms with Crippen LogP contribution in [-0.4, -0.2) is 16.3 Å². The molecule has 0 radical (unpaired) electrons. The molecule has 0 rings (SSSR count). The third-order valence-corrected chi connectivity index (χ3v) is 3.60. The fourth-order valence-electron chi connectivity index (χ4n) is 1.95. The van der Waals surface area contributed by atoms with Gasteiger partial charge in [0.05, 0.1) is 5.25 Å². The second kappa shape index (κ2) is 15.5. The largest absolute Gasteiger partial charge is 0.480 e. The number of carboxylic acid groups (broad SMARTS) is 1. The number of aliphatic carboxylic acids is 1. The topological polar surface area (TPSA) is 37.3 Å². The maximum Gasteiger partial charge on any atom is 0.316 e. The molecular weight excluding hydrogens is 298 g/mol. The van der Waals surface area contributed by atoms with E-state index in [1.807, 2.05) is 0 Å². The van der Waals surface area contributed by atoms with Crippen LogP contribution in [0.15, 0.2) is 0 Å². The molecule has 0 aliphatic carbocycles. The van der Waals surface area contributed by atoms with E-state index in [1.54, 1.807) is 0 Å². The number of carbonyl (C=O) groups is 1. The second-order valence-corrected chi connectivity index (χ2v) is 5.45. The zero-order valence-electron chi connectivity index (χ0n) is 11.9. The van der Waals surface area contributed by atoms with E-state index < -0.39 is 11.2 Å². The molecule has 18 heavy (non-hydrogen) atoms. The normalized spacial score (nSPS) is 11.9. The monoisotopic (exact) mass is 324 g/mol. The average Bonchev–Trinajstić information content (AvgIpc) is 2.31. The summed E-state index contributed by atoms with van der Waals surface area (Å²) in [5.74, 6) is -0.788. The van der Waals surface area contributed by atoms with Gasteiger partial charge in [-0.3, -0.25) is 4.79 Å². The molecule has 1 unspecified atom stereocenters. The maximum absolute atomic E-state index is 10.5. The Bertz CT molecular complexity index is 189. The van der Waals surface area contributed by atoms with E-state index in [-0.39, 0.29) is 19.5 Å². The van der Waals surface area contributed by atoms with Crippen molar-refractivity contribution in [3.8, 4) is 0 Å². The van der Waals surface area contributed by atoms with E-state index in [0.29, 0.717) is 6.42 Å². The Morgan fingerprint density at radius 2 is 1.33 bits per heavy atom. The molecule has 0 fully saturated rings. The van der Waals surface area contributed by atoms with Crippen molar-refractivity contribution in [3.63, 3.8) is 0 Å². The zero-order chi connectivity index (χ0) is 12.9. The SMILES string of the molecule is CCCCCCCCCCCCC(S)C(=O)O.[Zn]. The van der Waals surface area contributed by atoms with E-state index in [2.05, 4.69) is 19.6 Å². The van der Waals surface area contributed by atoms with Gasteiger partial charge in [0.15, 0.2) is 0 Å². The molecular formula is C14H28O2SZn. The first-order valence-corrected chi connectivity index (χ1v) is 7.61. The number of rotatable bonds is 12. The Hall–Kier alpha value is 0.443. The van der Waals surface area contributed by atoms with Gasteiger partial charge < -0.3 is 5.11 Å².